The predicted molar refractivity (Wildman–Crippen MR) is 61.6 cm³/mol. The highest BCUT2D eigenvalue weighted by Crippen LogP contribution is 2.33. The van der Waals surface area contributed by atoms with Crippen LogP contribution in [0.2, 0.25) is 0 Å². The van der Waals surface area contributed by atoms with E-state index in [1.807, 2.05) is 12.1 Å². The number of phenolic OH excluding ortho intramolecular Hbond substituents is 1. The molecular weight excluding hydrogens is 299 g/mol. The number of aromatic hydroxyl groups is 1. The average molecular weight is 304 g/mol. The highest BCUT2D eigenvalue weighted by molar-refractivity contribution is 14.1. The Bertz CT molecular complexity index is 476. The van der Waals surface area contributed by atoms with E-state index in [1.165, 1.54) is 11.3 Å². The van der Waals surface area contributed by atoms with E-state index in [0.29, 0.717) is 4.88 Å². The second-order valence-corrected chi connectivity index (χ2v) is 4.75. The molecule has 1 heterocycles. The molecule has 2 aromatic rings. The number of fused-ring (bicyclic) bond motifs is 1. The zero-order chi connectivity index (χ0) is 9.42. The normalized spacial score (nSPS) is 10.5. The summed E-state index contributed by atoms with van der Waals surface area (Å²) in [6, 6.07) is 5.29. The van der Waals surface area contributed by atoms with Crippen LogP contribution in [0.15, 0.2) is 18.2 Å². The van der Waals surface area contributed by atoms with E-state index >= 15 is 0 Å². The summed E-state index contributed by atoms with van der Waals surface area (Å²) >= 11 is 3.48. The molecule has 1 aromatic carbocycles. The van der Waals surface area contributed by atoms with Gasteiger partial charge in [0.05, 0.1) is 13.1 Å². The molecule has 0 radical (unpaired) electrons. The number of phenols is 1. The van der Waals surface area contributed by atoms with Crippen LogP contribution < -0.4 is 0 Å². The van der Waals surface area contributed by atoms with Crippen LogP contribution in [-0.4, -0.2) is 11.4 Å². The average Bonchev–Trinajstić information content (AvgIpc) is 2.55. The van der Waals surface area contributed by atoms with Gasteiger partial charge in [0.25, 0.3) is 0 Å². The van der Waals surface area contributed by atoms with Gasteiger partial charge in [0.2, 0.25) is 0 Å². The molecule has 0 atom stereocenters. The Labute approximate surface area is 92.3 Å². The first kappa shape index (κ1) is 8.96. The summed E-state index contributed by atoms with van der Waals surface area (Å²) in [7, 11) is 0. The smallest absolute Gasteiger partial charge is 0.160 e. The third kappa shape index (κ3) is 1.44. The van der Waals surface area contributed by atoms with Crippen LogP contribution in [0, 0.1) is 3.57 Å². The lowest BCUT2D eigenvalue weighted by Crippen LogP contribution is -1.71. The lowest BCUT2D eigenvalue weighted by Gasteiger charge is -1.96. The van der Waals surface area contributed by atoms with Crippen LogP contribution in [0.25, 0.3) is 10.1 Å². The maximum Gasteiger partial charge on any atom is 0.160 e. The molecule has 0 fully saturated rings. The highest BCUT2D eigenvalue weighted by atomic mass is 127. The van der Waals surface area contributed by atoms with Gasteiger partial charge in [-0.25, -0.2) is 0 Å². The number of thiophene rings is 1. The largest absolute Gasteiger partial charge is 0.507 e. The Balaban J connectivity index is 2.83. The van der Waals surface area contributed by atoms with Crippen molar-refractivity contribution in [3.05, 3.63) is 26.6 Å². The molecule has 0 bridgehead atoms. The fourth-order valence-electron chi connectivity index (χ4n) is 1.14. The molecule has 1 N–H and O–H groups in total. The second kappa shape index (κ2) is 3.26. The van der Waals surface area contributed by atoms with Crippen molar-refractivity contribution in [1.29, 1.82) is 0 Å². The van der Waals surface area contributed by atoms with Gasteiger partial charge < -0.3 is 5.11 Å². The minimum atomic E-state index is 0.271. The molecule has 0 aliphatic rings. The summed E-state index contributed by atoms with van der Waals surface area (Å²) < 4.78 is 1.79. The minimum Gasteiger partial charge on any atom is -0.507 e. The minimum absolute atomic E-state index is 0.271. The molecule has 2 nitrogen and oxygen atoms in total. The Hall–Kier alpha value is -0.620. The quantitative estimate of drug-likeness (QED) is 0.649. The van der Waals surface area contributed by atoms with Crippen molar-refractivity contribution in [2.24, 2.45) is 0 Å². The Kier molecular flexibility index (Phi) is 2.25. The number of carbonyl (C=O) groups excluding carboxylic acids is 1. The van der Waals surface area contributed by atoms with Crippen molar-refractivity contribution >= 4 is 50.3 Å². The van der Waals surface area contributed by atoms with E-state index in [0.717, 1.165) is 19.9 Å². The van der Waals surface area contributed by atoms with Crippen molar-refractivity contribution in [2.45, 2.75) is 0 Å². The Morgan fingerprint density at radius 3 is 2.92 bits per heavy atom. The maximum absolute atomic E-state index is 10.5. The zero-order valence-corrected chi connectivity index (χ0v) is 9.43. The zero-order valence-electron chi connectivity index (χ0n) is 6.45. The summed E-state index contributed by atoms with van der Waals surface area (Å²) in [5.74, 6) is 0.271. The molecule has 66 valence electrons. The molecule has 0 saturated heterocycles. The number of aldehydes is 1. The molecule has 0 unspecified atom stereocenters. The van der Waals surface area contributed by atoms with Gasteiger partial charge in [0.1, 0.15) is 5.75 Å². The summed E-state index contributed by atoms with van der Waals surface area (Å²) in [6.45, 7) is 0. The van der Waals surface area contributed by atoms with Gasteiger partial charge in [0.15, 0.2) is 6.29 Å². The first-order valence-corrected chi connectivity index (χ1v) is 5.48. The first-order valence-electron chi connectivity index (χ1n) is 3.58. The third-order valence-corrected chi connectivity index (χ3v) is 4.29. The molecule has 1 aromatic heterocycles. The predicted octanol–water partition coefficient (Wildman–Crippen LogP) is 3.02. The van der Waals surface area contributed by atoms with Gasteiger partial charge in [-0.3, -0.25) is 4.79 Å². The van der Waals surface area contributed by atoms with Crippen LogP contribution in [0.1, 0.15) is 9.67 Å². The van der Waals surface area contributed by atoms with Crippen LogP contribution in [0.4, 0.5) is 0 Å². The van der Waals surface area contributed by atoms with E-state index in [1.54, 1.807) is 6.07 Å². The maximum atomic E-state index is 10.5. The van der Waals surface area contributed by atoms with Crippen LogP contribution in [-0.2, 0) is 0 Å². The summed E-state index contributed by atoms with van der Waals surface area (Å²) in [4.78, 5) is 11.2. The van der Waals surface area contributed by atoms with Crippen molar-refractivity contribution in [1.82, 2.24) is 0 Å². The van der Waals surface area contributed by atoms with Crippen molar-refractivity contribution in [3.8, 4) is 5.75 Å². The fourth-order valence-corrected chi connectivity index (χ4v) is 2.87. The van der Waals surface area contributed by atoms with Gasteiger partial charge in [-0.2, -0.15) is 0 Å². The number of carbonyl (C=O) groups is 1. The van der Waals surface area contributed by atoms with Crippen LogP contribution in [0.5, 0.6) is 5.75 Å². The summed E-state index contributed by atoms with van der Waals surface area (Å²) in [5.41, 5.74) is 0. The van der Waals surface area contributed by atoms with Gasteiger partial charge in [0, 0.05) is 0 Å². The topological polar surface area (TPSA) is 37.3 Å². The van der Waals surface area contributed by atoms with Gasteiger partial charge in [-0.1, -0.05) is 0 Å². The van der Waals surface area contributed by atoms with Crippen LogP contribution >= 0.6 is 33.9 Å². The molecular formula is C9H5IO2S. The van der Waals surface area contributed by atoms with Crippen molar-refractivity contribution in [2.75, 3.05) is 0 Å². The lowest BCUT2D eigenvalue weighted by atomic mass is 10.2. The first-order chi connectivity index (χ1) is 6.22. The SMILES string of the molecule is O=Cc1cc2ccc(O)c(I)c2s1. The molecule has 0 spiro atoms. The van der Waals surface area contributed by atoms with Gasteiger partial charge >= 0.3 is 0 Å². The van der Waals surface area contributed by atoms with E-state index in [9.17, 15) is 9.90 Å². The number of halogens is 1. The number of hydrogen-bond acceptors (Lipinski definition) is 3. The lowest BCUT2D eigenvalue weighted by molar-refractivity contribution is 0.112. The van der Waals surface area contributed by atoms with Crippen molar-refractivity contribution < 1.29 is 9.90 Å². The van der Waals surface area contributed by atoms with E-state index < -0.39 is 0 Å². The number of hydrogen-bond donors (Lipinski definition) is 1. The highest BCUT2D eigenvalue weighted by Gasteiger charge is 2.07. The summed E-state index contributed by atoms with van der Waals surface area (Å²) in [5, 5.41) is 10.4. The molecule has 13 heavy (non-hydrogen) atoms. The molecule has 0 amide bonds. The Morgan fingerprint density at radius 1 is 1.46 bits per heavy atom. The monoisotopic (exact) mass is 304 g/mol. The molecule has 0 aliphatic heterocycles. The summed E-state index contributed by atoms with van der Waals surface area (Å²) in [6.07, 6.45) is 0.831. The number of benzene rings is 1. The van der Waals surface area contributed by atoms with Gasteiger partial charge in [-0.05, 0) is 46.2 Å². The van der Waals surface area contributed by atoms with Crippen molar-refractivity contribution in [3.63, 3.8) is 0 Å². The van der Waals surface area contributed by atoms with E-state index in [2.05, 4.69) is 22.6 Å². The molecule has 4 heteroatoms. The van der Waals surface area contributed by atoms with E-state index in [-0.39, 0.29) is 5.75 Å². The third-order valence-electron chi connectivity index (χ3n) is 1.74. The van der Waals surface area contributed by atoms with E-state index in [4.69, 9.17) is 0 Å². The van der Waals surface area contributed by atoms with Crippen LogP contribution in [0.3, 0.4) is 0 Å². The Morgan fingerprint density at radius 2 is 2.23 bits per heavy atom. The molecule has 2 rings (SSSR count). The van der Waals surface area contributed by atoms with Gasteiger partial charge in [-0.15, -0.1) is 11.3 Å². The molecule has 0 saturated carbocycles. The second-order valence-electron chi connectivity index (χ2n) is 2.58. The number of rotatable bonds is 1. The molecule has 0 aliphatic carbocycles. The standard InChI is InChI=1S/C9H5IO2S/c10-8-7(12)2-1-5-3-6(4-11)13-9(5)8/h1-4,12H. The fraction of sp³-hybridized carbons (Fsp3) is 0.